The van der Waals surface area contributed by atoms with Crippen LogP contribution in [0.1, 0.15) is 49.8 Å². The first-order chi connectivity index (χ1) is 15.0. The minimum absolute atomic E-state index is 0.110. The summed E-state index contributed by atoms with van der Waals surface area (Å²) in [6.45, 7) is 4.07. The fraction of sp³-hybridized carbons (Fsp3) is 0.625. The maximum atomic E-state index is 13.4. The van der Waals surface area contributed by atoms with Crippen LogP contribution in [-0.4, -0.2) is 55.2 Å². The first-order valence-corrected chi connectivity index (χ1v) is 11.6. The zero-order valence-corrected chi connectivity index (χ0v) is 18.2. The lowest BCUT2D eigenvalue weighted by molar-refractivity contribution is -0.0793. The van der Waals surface area contributed by atoms with E-state index in [1.54, 1.807) is 7.11 Å². The molecule has 2 heterocycles. The Morgan fingerprint density at radius 1 is 1.13 bits per heavy atom. The molecule has 31 heavy (non-hydrogen) atoms. The van der Waals surface area contributed by atoms with Crippen LogP contribution in [0.25, 0.3) is 10.9 Å². The van der Waals surface area contributed by atoms with Crippen LogP contribution in [0.3, 0.4) is 0 Å². The van der Waals surface area contributed by atoms with E-state index in [1.807, 2.05) is 12.1 Å². The van der Waals surface area contributed by atoms with Gasteiger partial charge in [-0.1, -0.05) is 0 Å². The Morgan fingerprint density at radius 3 is 2.68 bits per heavy atom. The second-order valence-corrected chi connectivity index (χ2v) is 9.14. The molecule has 0 radical (unpaired) electrons. The Kier molecular flexibility index (Phi) is 5.63. The van der Waals surface area contributed by atoms with Crippen molar-refractivity contribution in [1.29, 1.82) is 0 Å². The molecule has 1 N–H and O–H groups in total. The fourth-order valence-electron chi connectivity index (χ4n) is 5.15. The minimum atomic E-state index is -2.54. The van der Waals surface area contributed by atoms with Crippen LogP contribution in [-0.2, 0) is 12.8 Å². The molecule has 3 aliphatic rings. The van der Waals surface area contributed by atoms with Gasteiger partial charge >= 0.3 is 0 Å². The summed E-state index contributed by atoms with van der Waals surface area (Å²) in [5.41, 5.74) is 4.04. The van der Waals surface area contributed by atoms with E-state index in [-0.39, 0.29) is 18.9 Å². The summed E-state index contributed by atoms with van der Waals surface area (Å²) >= 11 is 0. The Bertz CT molecular complexity index is 952. The molecule has 2 fully saturated rings. The van der Waals surface area contributed by atoms with Crippen LogP contribution >= 0.6 is 0 Å². The molecule has 1 aromatic carbocycles. The summed E-state index contributed by atoms with van der Waals surface area (Å²) in [4.78, 5) is 7.37. The van der Waals surface area contributed by atoms with Gasteiger partial charge in [-0.15, -0.1) is 0 Å². The highest BCUT2D eigenvalue weighted by molar-refractivity contribution is 5.96. The number of alkyl halides is 2. The molecule has 5 nitrogen and oxygen atoms in total. The molecule has 0 amide bonds. The number of rotatable bonds is 8. The Balaban J connectivity index is 1.38. The Labute approximate surface area is 182 Å². The smallest absolute Gasteiger partial charge is 0.252 e. The lowest BCUT2D eigenvalue weighted by Gasteiger charge is -2.36. The van der Waals surface area contributed by atoms with E-state index >= 15 is 0 Å². The lowest BCUT2D eigenvalue weighted by atomic mass is 9.87. The molecule has 7 heteroatoms. The number of benzene rings is 1. The molecule has 168 valence electrons. The molecule has 0 spiro atoms. The highest BCUT2D eigenvalue weighted by Gasteiger charge is 2.45. The quantitative estimate of drug-likeness (QED) is 0.608. The number of anilines is 1. The number of pyridine rings is 1. The Morgan fingerprint density at radius 2 is 1.94 bits per heavy atom. The number of nitrogens with zero attached hydrogens (tertiary/aromatic N) is 2. The normalized spacial score (nSPS) is 20.6. The predicted octanol–water partition coefficient (Wildman–Crippen LogP) is 4.81. The first-order valence-electron chi connectivity index (χ1n) is 11.6. The highest BCUT2D eigenvalue weighted by Crippen LogP contribution is 2.44. The summed E-state index contributed by atoms with van der Waals surface area (Å²) in [5, 5.41) is 4.34. The summed E-state index contributed by atoms with van der Waals surface area (Å²) < 4.78 is 38.5. The Hall–Kier alpha value is -2.15. The van der Waals surface area contributed by atoms with E-state index in [0.29, 0.717) is 18.1 Å². The third-order valence-corrected chi connectivity index (χ3v) is 6.81. The summed E-state index contributed by atoms with van der Waals surface area (Å²) in [5.74, 6) is -1.18. The molecule has 0 bridgehead atoms. The van der Waals surface area contributed by atoms with Crippen LogP contribution < -0.4 is 14.8 Å². The van der Waals surface area contributed by atoms with Crippen molar-refractivity contribution in [3.05, 3.63) is 23.4 Å². The highest BCUT2D eigenvalue weighted by atomic mass is 19.3. The predicted molar refractivity (Wildman–Crippen MR) is 118 cm³/mol. The molecular formula is C24H31F2N3O2. The third kappa shape index (κ3) is 4.29. The van der Waals surface area contributed by atoms with Crippen molar-refractivity contribution in [1.82, 2.24) is 9.88 Å². The molecule has 2 aliphatic carbocycles. The van der Waals surface area contributed by atoms with Crippen molar-refractivity contribution in [3.63, 3.8) is 0 Å². The number of likely N-dealkylation sites (tertiary alicyclic amines) is 1. The number of halogens is 2. The summed E-state index contributed by atoms with van der Waals surface area (Å²) in [6, 6.07) is 3.71. The van der Waals surface area contributed by atoms with Crippen LogP contribution in [0, 0.1) is 0 Å². The summed E-state index contributed by atoms with van der Waals surface area (Å²) in [7, 11) is 1.64. The zero-order chi connectivity index (χ0) is 21.4. The number of methoxy groups -OCH3 is 1. The van der Waals surface area contributed by atoms with E-state index < -0.39 is 5.92 Å². The lowest BCUT2D eigenvalue weighted by Crippen LogP contribution is -2.44. The van der Waals surface area contributed by atoms with Gasteiger partial charge in [-0.25, -0.2) is 8.78 Å². The van der Waals surface area contributed by atoms with Gasteiger partial charge in [0.15, 0.2) is 11.5 Å². The van der Waals surface area contributed by atoms with Crippen molar-refractivity contribution in [2.75, 3.05) is 38.7 Å². The fourth-order valence-corrected chi connectivity index (χ4v) is 5.15. The van der Waals surface area contributed by atoms with Crippen LogP contribution in [0.4, 0.5) is 14.5 Å². The second kappa shape index (κ2) is 8.41. The molecule has 0 unspecified atom stereocenters. The van der Waals surface area contributed by atoms with E-state index in [1.165, 1.54) is 31.5 Å². The zero-order valence-electron chi connectivity index (χ0n) is 18.2. The van der Waals surface area contributed by atoms with Gasteiger partial charge in [0.2, 0.25) is 0 Å². The van der Waals surface area contributed by atoms with Crippen molar-refractivity contribution in [3.8, 4) is 11.5 Å². The number of hydrogen-bond acceptors (Lipinski definition) is 5. The standard InChI is InChI=1S/C24H31F2N3O2/c1-30-21-12-18-20(13-22(21)31-11-5-10-29-8-2-3-9-29)28-19-7-4-6-17(19)23(18)27-16-14-24(25,26)15-16/h12-13,16H,2-11,14-15H2,1H3,(H,27,28). The van der Waals surface area contributed by atoms with E-state index in [4.69, 9.17) is 14.5 Å². The maximum absolute atomic E-state index is 13.4. The maximum Gasteiger partial charge on any atom is 0.252 e. The number of hydrogen-bond donors (Lipinski definition) is 1. The van der Waals surface area contributed by atoms with Gasteiger partial charge in [0, 0.05) is 48.3 Å². The van der Waals surface area contributed by atoms with Gasteiger partial charge in [-0.2, -0.15) is 0 Å². The third-order valence-electron chi connectivity index (χ3n) is 6.81. The van der Waals surface area contributed by atoms with Crippen molar-refractivity contribution in [2.45, 2.75) is 63.3 Å². The van der Waals surface area contributed by atoms with Gasteiger partial charge < -0.3 is 19.7 Å². The summed E-state index contributed by atoms with van der Waals surface area (Å²) in [6.07, 6.45) is 6.25. The molecule has 1 aliphatic heterocycles. The number of nitrogens with one attached hydrogen (secondary N) is 1. The van der Waals surface area contributed by atoms with Gasteiger partial charge in [0.25, 0.3) is 5.92 Å². The SMILES string of the molecule is COc1cc2c(NC3CC(F)(F)C3)c3c(nc2cc1OCCCN1CCCC1)CCC3. The monoisotopic (exact) mass is 431 g/mol. The van der Waals surface area contributed by atoms with Crippen LogP contribution in [0.5, 0.6) is 11.5 Å². The molecule has 1 saturated heterocycles. The number of fused-ring (bicyclic) bond motifs is 2. The molecule has 2 aromatic rings. The molecule has 1 aromatic heterocycles. The van der Waals surface area contributed by atoms with Gasteiger partial charge in [0.05, 0.1) is 19.2 Å². The largest absolute Gasteiger partial charge is 0.493 e. The molecule has 1 saturated carbocycles. The van der Waals surface area contributed by atoms with Crippen molar-refractivity contribution < 1.29 is 18.3 Å². The van der Waals surface area contributed by atoms with Crippen molar-refractivity contribution >= 4 is 16.6 Å². The van der Waals surface area contributed by atoms with Crippen molar-refractivity contribution in [2.24, 2.45) is 0 Å². The van der Waals surface area contributed by atoms with Gasteiger partial charge in [-0.3, -0.25) is 4.98 Å². The van der Waals surface area contributed by atoms with E-state index in [0.717, 1.165) is 54.5 Å². The number of aromatic nitrogens is 1. The second-order valence-electron chi connectivity index (χ2n) is 9.14. The average Bonchev–Trinajstić information content (AvgIpc) is 3.41. The molecule has 5 rings (SSSR count). The number of ether oxygens (including phenoxy) is 2. The topological polar surface area (TPSA) is 46.6 Å². The molecule has 0 atom stereocenters. The van der Waals surface area contributed by atoms with E-state index in [9.17, 15) is 8.78 Å². The average molecular weight is 432 g/mol. The van der Waals surface area contributed by atoms with Crippen LogP contribution in [0.15, 0.2) is 12.1 Å². The minimum Gasteiger partial charge on any atom is -0.493 e. The van der Waals surface area contributed by atoms with E-state index in [2.05, 4.69) is 10.2 Å². The van der Waals surface area contributed by atoms with Gasteiger partial charge in [0.1, 0.15) is 0 Å². The first kappa shape index (κ1) is 20.7. The van der Waals surface area contributed by atoms with Crippen LogP contribution in [0.2, 0.25) is 0 Å². The van der Waals surface area contributed by atoms with Gasteiger partial charge in [-0.05, 0) is 63.2 Å². The number of aryl methyl sites for hydroxylation is 1. The molecular weight excluding hydrogens is 400 g/mol.